The molecule has 0 spiro atoms. The van der Waals surface area contributed by atoms with Crippen molar-refractivity contribution in [1.82, 2.24) is 19.5 Å². The Labute approximate surface area is 123 Å². The summed E-state index contributed by atoms with van der Waals surface area (Å²) in [4.78, 5) is 26.6. The summed E-state index contributed by atoms with van der Waals surface area (Å²) in [7, 11) is 3.80. The van der Waals surface area contributed by atoms with Crippen LogP contribution in [0.2, 0.25) is 0 Å². The highest BCUT2D eigenvalue weighted by Gasteiger charge is 2.25. The molecule has 7 heteroatoms. The van der Waals surface area contributed by atoms with Gasteiger partial charge >= 0.3 is 0 Å². The SMILES string of the molecule is Cc1nc(N(C)C)c2nc(C=O)n(C3CCCCO3)c2n1. The number of fused-ring (bicyclic) bond motifs is 1. The third kappa shape index (κ3) is 2.37. The average molecular weight is 289 g/mol. The molecule has 0 N–H and O–H groups in total. The third-order valence-electron chi connectivity index (χ3n) is 3.63. The van der Waals surface area contributed by atoms with Crippen LogP contribution in [-0.4, -0.2) is 46.5 Å². The Morgan fingerprint density at radius 2 is 2.10 bits per heavy atom. The van der Waals surface area contributed by atoms with Gasteiger partial charge in [0.1, 0.15) is 12.1 Å². The number of carbonyl (C=O) groups is 1. The Morgan fingerprint density at radius 3 is 2.71 bits per heavy atom. The molecule has 3 heterocycles. The number of hydrogen-bond donors (Lipinski definition) is 0. The van der Waals surface area contributed by atoms with Gasteiger partial charge in [-0.15, -0.1) is 0 Å². The van der Waals surface area contributed by atoms with E-state index in [1.165, 1.54) is 0 Å². The maximum absolute atomic E-state index is 11.4. The Morgan fingerprint density at radius 1 is 1.29 bits per heavy atom. The maximum Gasteiger partial charge on any atom is 0.185 e. The zero-order valence-corrected chi connectivity index (χ0v) is 12.5. The van der Waals surface area contributed by atoms with Crippen molar-refractivity contribution in [3.63, 3.8) is 0 Å². The van der Waals surface area contributed by atoms with E-state index in [-0.39, 0.29) is 6.23 Å². The van der Waals surface area contributed by atoms with Crippen molar-refractivity contribution in [3.8, 4) is 0 Å². The van der Waals surface area contributed by atoms with Crippen LogP contribution in [0.15, 0.2) is 0 Å². The highest BCUT2D eigenvalue weighted by molar-refractivity contribution is 5.88. The smallest absolute Gasteiger partial charge is 0.185 e. The van der Waals surface area contributed by atoms with Crippen LogP contribution in [-0.2, 0) is 4.74 Å². The zero-order valence-electron chi connectivity index (χ0n) is 12.5. The van der Waals surface area contributed by atoms with Crippen molar-refractivity contribution in [1.29, 1.82) is 0 Å². The molecule has 0 aliphatic carbocycles. The Hall–Kier alpha value is -2.02. The second-order valence-corrected chi connectivity index (χ2v) is 5.44. The first-order valence-electron chi connectivity index (χ1n) is 7.12. The molecular weight excluding hydrogens is 270 g/mol. The van der Waals surface area contributed by atoms with Gasteiger partial charge in [-0.2, -0.15) is 0 Å². The second kappa shape index (κ2) is 5.40. The van der Waals surface area contributed by atoms with E-state index >= 15 is 0 Å². The molecule has 0 radical (unpaired) electrons. The van der Waals surface area contributed by atoms with Crippen LogP contribution in [0.1, 0.15) is 41.9 Å². The summed E-state index contributed by atoms with van der Waals surface area (Å²) in [5, 5.41) is 0. The molecule has 2 aromatic rings. The monoisotopic (exact) mass is 289 g/mol. The molecule has 112 valence electrons. The molecular formula is C14H19N5O2. The van der Waals surface area contributed by atoms with Gasteiger partial charge in [-0.1, -0.05) is 0 Å². The van der Waals surface area contributed by atoms with E-state index in [2.05, 4.69) is 15.0 Å². The Balaban J connectivity index is 2.24. The lowest BCUT2D eigenvalue weighted by atomic mass is 10.2. The van der Waals surface area contributed by atoms with Crippen LogP contribution < -0.4 is 4.90 Å². The highest BCUT2D eigenvalue weighted by Crippen LogP contribution is 2.30. The standard InChI is InChI=1S/C14H19N5O2/c1-9-15-13(18(2)3)12-14(16-9)19(10(8-20)17-12)11-6-4-5-7-21-11/h8,11H,4-7H2,1-3H3. The van der Waals surface area contributed by atoms with Gasteiger partial charge in [0, 0.05) is 20.7 Å². The summed E-state index contributed by atoms with van der Waals surface area (Å²) >= 11 is 0. The molecule has 1 saturated heterocycles. The fraction of sp³-hybridized carbons (Fsp3) is 0.571. The first kappa shape index (κ1) is 13.9. The van der Waals surface area contributed by atoms with Crippen LogP contribution in [0.4, 0.5) is 5.82 Å². The van der Waals surface area contributed by atoms with Gasteiger partial charge in [-0.25, -0.2) is 15.0 Å². The van der Waals surface area contributed by atoms with E-state index in [9.17, 15) is 4.79 Å². The first-order chi connectivity index (χ1) is 10.1. The molecule has 3 rings (SSSR count). The minimum atomic E-state index is -0.173. The lowest BCUT2D eigenvalue weighted by Crippen LogP contribution is -2.20. The van der Waals surface area contributed by atoms with Crippen LogP contribution >= 0.6 is 0 Å². The number of rotatable bonds is 3. The summed E-state index contributed by atoms with van der Waals surface area (Å²) in [5.41, 5.74) is 1.31. The average Bonchev–Trinajstić information content (AvgIpc) is 2.85. The lowest BCUT2D eigenvalue weighted by Gasteiger charge is -2.24. The van der Waals surface area contributed by atoms with Crippen molar-refractivity contribution in [2.24, 2.45) is 0 Å². The summed E-state index contributed by atoms with van der Waals surface area (Å²) < 4.78 is 7.61. The molecule has 1 aliphatic rings. The van der Waals surface area contributed by atoms with Crippen molar-refractivity contribution in [2.75, 3.05) is 25.6 Å². The predicted octanol–water partition coefficient (Wildman–Crippen LogP) is 1.71. The largest absolute Gasteiger partial charge is 0.361 e. The summed E-state index contributed by atoms with van der Waals surface area (Å²) in [6.45, 7) is 2.54. The van der Waals surface area contributed by atoms with E-state index in [4.69, 9.17) is 4.74 Å². The van der Waals surface area contributed by atoms with Crippen molar-refractivity contribution < 1.29 is 9.53 Å². The number of ether oxygens (including phenoxy) is 1. The van der Waals surface area contributed by atoms with Crippen molar-refractivity contribution >= 4 is 23.3 Å². The van der Waals surface area contributed by atoms with E-state index in [0.717, 1.165) is 31.4 Å². The number of aromatic nitrogens is 4. The van der Waals surface area contributed by atoms with Gasteiger partial charge in [-0.05, 0) is 26.2 Å². The van der Waals surface area contributed by atoms with Gasteiger partial charge in [-0.3, -0.25) is 9.36 Å². The van der Waals surface area contributed by atoms with E-state index < -0.39 is 0 Å². The minimum Gasteiger partial charge on any atom is -0.361 e. The van der Waals surface area contributed by atoms with Crippen LogP contribution in [0, 0.1) is 6.92 Å². The second-order valence-electron chi connectivity index (χ2n) is 5.44. The predicted molar refractivity (Wildman–Crippen MR) is 78.6 cm³/mol. The van der Waals surface area contributed by atoms with Crippen LogP contribution in [0.5, 0.6) is 0 Å². The number of nitrogens with zero attached hydrogens (tertiary/aromatic N) is 5. The number of anilines is 1. The van der Waals surface area contributed by atoms with Gasteiger partial charge in [0.2, 0.25) is 0 Å². The van der Waals surface area contributed by atoms with Gasteiger partial charge in [0.25, 0.3) is 0 Å². The van der Waals surface area contributed by atoms with Gasteiger partial charge < -0.3 is 9.64 Å². The summed E-state index contributed by atoms with van der Waals surface area (Å²) in [6.07, 6.45) is 3.58. The zero-order chi connectivity index (χ0) is 15.0. The Bertz CT molecular complexity index is 674. The molecule has 0 amide bonds. The summed E-state index contributed by atoms with van der Waals surface area (Å²) in [6, 6.07) is 0. The molecule has 1 aliphatic heterocycles. The number of hydrogen-bond acceptors (Lipinski definition) is 6. The maximum atomic E-state index is 11.4. The number of aldehydes is 1. The first-order valence-corrected chi connectivity index (χ1v) is 7.12. The normalized spacial score (nSPS) is 18.9. The molecule has 0 bridgehead atoms. The van der Waals surface area contributed by atoms with E-state index in [1.807, 2.05) is 30.5 Å². The van der Waals surface area contributed by atoms with Crippen molar-refractivity contribution in [3.05, 3.63) is 11.6 Å². The molecule has 2 aromatic heterocycles. The summed E-state index contributed by atoms with van der Waals surface area (Å²) in [5.74, 6) is 1.72. The van der Waals surface area contributed by atoms with Gasteiger partial charge in [0.15, 0.2) is 29.1 Å². The molecule has 7 nitrogen and oxygen atoms in total. The molecule has 0 saturated carbocycles. The van der Waals surface area contributed by atoms with E-state index in [1.54, 1.807) is 0 Å². The fourth-order valence-corrected chi connectivity index (χ4v) is 2.69. The number of carbonyl (C=O) groups excluding carboxylic acids is 1. The number of imidazole rings is 1. The molecule has 1 unspecified atom stereocenters. The minimum absolute atomic E-state index is 0.173. The topological polar surface area (TPSA) is 73.1 Å². The molecule has 21 heavy (non-hydrogen) atoms. The lowest BCUT2D eigenvalue weighted by molar-refractivity contribution is -0.0306. The van der Waals surface area contributed by atoms with E-state index in [0.29, 0.717) is 29.4 Å². The molecule has 1 fully saturated rings. The van der Waals surface area contributed by atoms with Gasteiger partial charge in [0.05, 0.1) is 0 Å². The van der Waals surface area contributed by atoms with Crippen LogP contribution in [0.25, 0.3) is 11.2 Å². The molecule has 0 aromatic carbocycles. The Kier molecular flexibility index (Phi) is 3.59. The quantitative estimate of drug-likeness (QED) is 0.801. The fourth-order valence-electron chi connectivity index (χ4n) is 2.69. The molecule has 1 atom stereocenters. The third-order valence-corrected chi connectivity index (χ3v) is 3.63. The van der Waals surface area contributed by atoms with Crippen LogP contribution in [0.3, 0.4) is 0 Å². The van der Waals surface area contributed by atoms with Crippen molar-refractivity contribution in [2.45, 2.75) is 32.4 Å². The highest BCUT2D eigenvalue weighted by atomic mass is 16.5. The number of aryl methyl sites for hydroxylation is 1.